The van der Waals surface area contributed by atoms with Gasteiger partial charge in [0, 0.05) is 17.1 Å². The van der Waals surface area contributed by atoms with Gasteiger partial charge in [-0.15, -0.1) is 0 Å². The van der Waals surface area contributed by atoms with Crippen LogP contribution in [-0.4, -0.2) is 34.8 Å². The number of carbonyl (C=O) groups excluding carboxylic acids is 2. The Morgan fingerprint density at radius 3 is 2.42 bits per heavy atom. The fraction of sp³-hybridized carbons (Fsp3) is 0.333. The molecule has 1 amide bonds. The number of rotatable bonds is 8. The summed E-state index contributed by atoms with van der Waals surface area (Å²) in [6.07, 6.45) is 2.67. The van der Waals surface area contributed by atoms with Gasteiger partial charge >= 0.3 is 0 Å². The number of amides is 1. The number of aliphatic hydroxyl groups is 1. The molecule has 0 bridgehead atoms. The van der Waals surface area contributed by atoms with Gasteiger partial charge in [0.15, 0.2) is 0 Å². The van der Waals surface area contributed by atoms with Gasteiger partial charge in [-0.25, -0.2) is 0 Å². The number of nitrogens with zero attached hydrogens (tertiary/aromatic N) is 1. The molecule has 1 unspecified atom stereocenters. The van der Waals surface area contributed by atoms with Gasteiger partial charge < -0.3 is 14.7 Å². The van der Waals surface area contributed by atoms with Crippen LogP contribution in [0.1, 0.15) is 50.3 Å². The van der Waals surface area contributed by atoms with E-state index in [0.29, 0.717) is 29.5 Å². The Kier molecular flexibility index (Phi) is 7.63. The molecule has 0 radical (unpaired) electrons. The summed E-state index contributed by atoms with van der Waals surface area (Å²) in [5.74, 6) is -1.17. The van der Waals surface area contributed by atoms with E-state index in [0.717, 1.165) is 19.3 Å². The molecule has 5 nitrogen and oxygen atoms in total. The molecule has 1 fully saturated rings. The number of ketones is 1. The van der Waals surface area contributed by atoms with Crippen LogP contribution in [-0.2, 0) is 9.59 Å². The highest BCUT2D eigenvalue weighted by Gasteiger charge is 2.45. The second kappa shape index (κ2) is 10.2. The monoisotopic (exact) mass is 461 g/mol. The average Bonchev–Trinajstić information content (AvgIpc) is 3.00. The maximum absolute atomic E-state index is 13.0. The third kappa shape index (κ3) is 4.89. The summed E-state index contributed by atoms with van der Waals surface area (Å²) in [7, 11) is 0. The number of ether oxygens (including phenoxy) is 1. The number of likely N-dealkylation sites (tertiary alicyclic amines) is 1. The number of hydrogen-bond donors (Lipinski definition) is 1. The highest BCUT2D eigenvalue weighted by atomic mass is 35.5. The van der Waals surface area contributed by atoms with Crippen LogP contribution >= 0.6 is 23.2 Å². The van der Waals surface area contributed by atoms with Gasteiger partial charge in [0.2, 0.25) is 0 Å². The third-order valence-electron chi connectivity index (χ3n) is 5.23. The molecule has 1 N–H and O–H groups in total. The zero-order valence-electron chi connectivity index (χ0n) is 17.5. The summed E-state index contributed by atoms with van der Waals surface area (Å²) in [4.78, 5) is 27.4. The Balaban J connectivity index is 2.15. The van der Waals surface area contributed by atoms with Crippen molar-refractivity contribution in [1.82, 2.24) is 4.90 Å². The zero-order valence-corrected chi connectivity index (χ0v) is 19.0. The van der Waals surface area contributed by atoms with Gasteiger partial charge in [-0.3, -0.25) is 9.59 Å². The van der Waals surface area contributed by atoms with Crippen molar-refractivity contribution in [2.75, 3.05) is 13.2 Å². The van der Waals surface area contributed by atoms with Crippen LogP contribution in [0.15, 0.2) is 48.0 Å². The minimum atomic E-state index is -0.730. The molecule has 0 saturated carbocycles. The first-order valence-corrected chi connectivity index (χ1v) is 11.1. The van der Waals surface area contributed by atoms with Crippen molar-refractivity contribution in [3.63, 3.8) is 0 Å². The van der Waals surface area contributed by atoms with E-state index in [1.165, 1.54) is 4.90 Å². The lowest BCUT2D eigenvalue weighted by molar-refractivity contribution is -0.139. The Hall–Kier alpha value is -2.50. The lowest BCUT2D eigenvalue weighted by Crippen LogP contribution is -2.30. The average molecular weight is 462 g/mol. The molecule has 31 heavy (non-hydrogen) atoms. The number of carbonyl (C=O) groups is 2. The number of aliphatic hydroxyl groups excluding tert-OH is 1. The molecule has 1 heterocycles. The summed E-state index contributed by atoms with van der Waals surface area (Å²) >= 11 is 12.4. The van der Waals surface area contributed by atoms with E-state index in [1.54, 1.807) is 42.5 Å². The molecule has 7 heteroatoms. The van der Waals surface area contributed by atoms with Crippen LogP contribution in [0.2, 0.25) is 10.0 Å². The van der Waals surface area contributed by atoms with E-state index in [-0.39, 0.29) is 21.9 Å². The van der Waals surface area contributed by atoms with Crippen LogP contribution < -0.4 is 4.74 Å². The Bertz CT molecular complexity index is 1000. The largest absolute Gasteiger partial charge is 0.507 e. The van der Waals surface area contributed by atoms with Crippen LogP contribution in [0.3, 0.4) is 0 Å². The first kappa shape index (κ1) is 23.2. The molecule has 1 aliphatic rings. The van der Waals surface area contributed by atoms with Gasteiger partial charge in [-0.1, -0.05) is 55.1 Å². The number of benzene rings is 2. The quantitative estimate of drug-likeness (QED) is 0.226. The number of unbranched alkanes of at least 4 members (excludes halogenated alkanes) is 2. The second-order valence-corrected chi connectivity index (χ2v) is 8.17. The number of halogens is 2. The summed E-state index contributed by atoms with van der Waals surface area (Å²) < 4.78 is 5.50. The van der Waals surface area contributed by atoms with E-state index in [2.05, 4.69) is 6.92 Å². The van der Waals surface area contributed by atoms with E-state index >= 15 is 0 Å². The molecule has 2 aromatic rings. The van der Waals surface area contributed by atoms with Crippen LogP contribution in [0.25, 0.3) is 5.76 Å². The lowest BCUT2D eigenvalue weighted by Gasteiger charge is -2.25. The maximum atomic E-state index is 13.0. The van der Waals surface area contributed by atoms with Crippen molar-refractivity contribution in [2.24, 2.45) is 0 Å². The Morgan fingerprint density at radius 2 is 1.77 bits per heavy atom. The van der Waals surface area contributed by atoms with Gasteiger partial charge in [-0.2, -0.15) is 0 Å². The van der Waals surface area contributed by atoms with Crippen molar-refractivity contribution in [2.45, 2.75) is 39.2 Å². The minimum absolute atomic E-state index is 0.0133. The van der Waals surface area contributed by atoms with E-state index < -0.39 is 17.7 Å². The summed E-state index contributed by atoms with van der Waals surface area (Å²) in [5.41, 5.74) is 0.955. The standard InChI is InChI=1S/C24H25Cl2NO4/c1-3-5-6-13-27-21(15-7-9-16(25)10-8-15)20(23(29)24(27)30)22(28)18-14-17(31-4-2)11-12-19(18)26/h7-12,14,21,28H,3-6,13H2,1-2H3/b22-20+. The predicted octanol–water partition coefficient (Wildman–Crippen LogP) is 6.00. The molecule has 3 rings (SSSR count). The van der Waals surface area contributed by atoms with Crippen molar-refractivity contribution in [1.29, 1.82) is 0 Å². The minimum Gasteiger partial charge on any atom is -0.507 e. The molecule has 2 aromatic carbocycles. The SMILES string of the molecule is CCCCCN1C(=O)C(=O)/C(=C(/O)c2cc(OCC)ccc2Cl)C1c1ccc(Cl)cc1. The number of Topliss-reactive ketones (excluding diaryl/α,β-unsaturated/α-hetero) is 1. The molecule has 0 aliphatic carbocycles. The Morgan fingerprint density at radius 1 is 1.06 bits per heavy atom. The predicted molar refractivity (Wildman–Crippen MR) is 123 cm³/mol. The molecular weight excluding hydrogens is 437 g/mol. The molecule has 0 spiro atoms. The van der Waals surface area contributed by atoms with Gasteiger partial charge in [0.1, 0.15) is 11.5 Å². The van der Waals surface area contributed by atoms with Crippen LogP contribution in [0.5, 0.6) is 5.75 Å². The topological polar surface area (TPSA) is 66.8 Å². The van der Waals surface area contributed by atoms with E-state index in [9.17, 15) is 14.7 Å². The first-order chi connectivity index (χ1) is 14.9. The summed E-state index contributed by atoms with van der Waals surface area (Å²) in [5, 5.41) is 12.0. The van der Waals surface area contributed by atoms with E-state index in [4.69, 9.17) is 27.9 Å². The fourth-order valence-corrected chi connectivity index (χ4v) is 4.05. The Labute approximate surface area is 192 Å². The molecule has 1 saturated heterocycles. The van der Waals surface area contributed by atoms with Gasteiger partial charge in [0.05, 0.1) is 23.2 Å². The van der Waals surface area contributed by atoms with Gasteiger partial charge in [0.25, 0.3) is 11.7 Å². The summed E-state index contributed by atoms with van der Waals surface area (Å²) in [6.45, 7) is 4.76. The maximum Gasteiger partial charge on any atom is 0.295 e. The normalized spacial score (nSPS) is 17.9. The van der Waals surface area contributed by atoms with Crippen molar-refractivity contribution < 1.29 is 19.4 Å². The fourth-order valence-electron chi connectivity index (χ4n) is 3.72. The lowest BCUT2D eigenvalue weighted by atomic mass is 9.95. The molecular formula is C24H25Cl2NO4. The molecule has 0 aromatic heterocycles. The summed E-state index contributed by atoms with van der Waals surface area (Å²) in [6, 6.07) is 11.1. The number of hydrogen-bond acceptors (Lipinski definition) is 4. The van der Waals surface area contributed by atoms with Crippen molar-refractivity contribution >= 4 is 40.7 Å². The molecule has 164 valence electrons. The van der Waals surface area contributed by atoms with Gasteiger partial charge in [-0.05, 0) is 49.2 Å². The smallest absolute Gasteiger partial charge is 0.295 e. The zero-order chi connectivity index (χ0) is 22.5. The van der Waals surface area contributed by atoms with Crippen LogP contribution in [0, 0.1) is 0 Å². The van der Waals surface area contributed by atoms with E-state index in [1.807, 2.05) is 6.92 Å². The highest BCUT2D eigenvalue weighted by Crippen LogP contribution is 2.41. The molecule has 1 aliphatic heterocycles. The van der Waals surface area contributed by atoms with Crippen LogP contribution in [0.4, 0.5) is 0 Å². The van der Waals surface area contributed by atoms with Crippen molar-refractivity contribution in [3.8, 4) is 5.75 Å². The van der Waals surface area contributed by atoms with Crippen molar-refractivity contribution in [3.05, 3.63) is 69.2 Å². The first-order valence-electron chi connectivity index (χ1n) is 10.4. The molecule has 1 atom stereocenters. The highest BCUT2D eigenvalue weighted by molar-refractivity contribution is 6.47. The third-order valence-corrected chi connectivity index (χ3v) is 5.81. The second-order valence-electron chi connectivity index (χ2n) is 7.33.